The molecular weight excluding hydrogens is 202 g/mol. The van der Waals surface area contributed by atoms with Crippen LogP contribution in [0.2, 0.25) is 0 Å². The summed E-state index contributed by atoms with van der Waals surface area (Å²) in [4.78, 5) is 1.37. The predicted octanol–water partition coefficient (Wildman–Crippen LogP) is 3.49. The van der Waals surface area contributed by atoms with Crippen molar-refractivity contribution in [3.63, 3.8) is 0 Å². The quantitative estimate of drug-likeness (QED) is 0.818. The lowest BCUT2D eigenvalue weighted by atomic mass is 9.99. The molecular formula is C13H15NS. The summed E-state index contributed by atoms with van der Waals surface area (Å²) in [5.74, 6) is 0. The first-order valence-electron chi connectivity index (χ1n) is 5.06. The molecule has 0 saturated heterocycles. The Hall–Kier alpha value is -1.12. The maximum Gasteiger partial charge on any atom is 0.0178 e. The smallest absolute Gasteiger partial charge is 0.0178 e. The van der Waals surface area contributed by atoms with Crippen molar-refractivity contribution in [3.8, 4) is 11.1 Å². The van der Waals surface area contributed by atoms with Crippen LogP contribution in [0, 0.1) is 13.8 Å². The van der Waals surface area contributed by atoms with Crippen LogP contribution in [0.1, 0.15) is 16.0 Å². The molecule has 0 saturated carbocycles. The molecule has 78 valence electrons. The summed E-state index contributed by atoms with van der Waals surface area (Å²) in [6.45, 7) is 4.91. The molecule has 2 N–H and O–H groups in total. The molecule has 0 aliphatic rings. The van der Waals surface area contributed by atoms with Gasteiger partial charge >= 0.3 is 0 Å². The summed E-state index contributed by atoms with van der Waals surface area (Å²) < 4.78 is 0. The molecule has 2 rings (SSSR count). The molecule has 0 spiro atoms. The maximum atomic E-state index is 5.66. The zero-order valence-electron chi connectivity index (χ0n) is 9.08. The van der Waals surface area contributed by atoms with Crippen molar-refractivity contribution in [1.29, 1.82) is 0 Å². The minimum atomic E-state index is 0.608. The highest BCUT2D eigenvalue weighted by Gasteiger charge is 2.06. The monoisotopic (exact) mass is 217 g/mol. The second-order valence-corrected chi connectivity index (χ2v) is 4.86. The Bertz CT molecular complexity index is 471. The Labute approximate surface area is 94.6 Å². The maximum absolute atomic E-state index is 5.66. The largest absolute Gasteiger partial charge is 0.326 e. The van der Waals surface area contributed by atoms with Gasteiger partial charge in [-0.05, 0) is 53.6 Å². The van der Waals surface area contributed by atoms with Crippen molar-refractivity contribution in [1.82, 2.24) is 0 Å². The number of hydrogen-bond donors (Lipinski definition) is 1. The normalized spacial score (nSPS) is 10.6. The van der Waals surface area contributed by atoms with Crippen LogP contribution in [-0.4, -0.2) is 0 Å². The van der Waals surface area contributed by atoms with Gasteiger partial charge in [0.25, 0.3) is 0 Å². The zero-order chi connectivity index (χ0) is 10.8. The van der Waals surface area contributed by atoms with Crippen molar-refractivity contribution in [3.05, 3.63) is 45.6 Å². The fourth-order valence-electron chi connectivity index (χ4n) is 1.75. The molecule has 15 heavy (non-hydrogen) atoms. The molecule has 0 atom stereocenters. The minimum Gasteiger partial charge on any atom is -0.326 e. The molecule has 0 amide bonds. The standard InChI is InChI=1S/C13H15NS/c1-9-3-4-11(8-14)7-13(9)12-5-6-15-10(12)2/h3-7H,8,14H2,1-2H3. The van der Waals surface area contributed by atoms with E-state index in [1.165, 1.54) is 27.1 Å². The Morgan fingerprint density at radius 1 is 1.13 bits per heavy atom. The number of nitrogens with two attached hydrogens (primary N) is 1. The lowest BCUT2D eigenvalue weighted by Crippen LogP contribution is -1.97. The Morgan fingerprint density at radius 2 is 1.93 bits per heavy atom. The van der Waals surface area contributed by atoms with E-state index in [-0.39, 0.29) is 0 Å². The molecule has 1 nitrogen and oxygen atoms in total. The summed E-state index contributed by atoms with van der Waals surface area (Å²) >= 11 is 1.79. The molecule has 2 heteroatoms. The molecule has 0 fully saturated rings. The average Bonchev–Trinajstić information content (AvgIpc) is 2.65. The number of thiophene rings is 1. The number of benzene rings is 1. The van der Waals surface area contributed by atoms with Crippen LogP contribution >= 0.6 is 11.3 Å². The SMILES string of the molecule is Cc1ccc(CN)cc1-c1ccsc1C. The zero-order valence-corrected chi connectivity index (χ0v) is 9.90. The Morgan fingerprint density at radius 3 is 2.53 bits per heavy atom. The van der Waals surface area contributed by atoms with Crippen LogP contribution in [0.15, 0.2) is 29.6 Å². The van der Waals surface area contributed by atoms with Gasteiger partial charge in [0.1, 0.15) is 0 Å². The van der Waals surface area contributed by atoms with Gasteiger partial charge in [-0.15, -0.1) is 11.3 Å². The third-order valence-electron chi connectivity index (χ3n) is 2.69. The van der Waals surface area contributed by atoms with Crippen LogP contribution < -0.4 is 5.73 Å². The van der Waals surface area contributed by atoms with E-state index in [9.17, 15) is 0 Å². The Balaban J connectivity index is 2.56. The molecule has 2 aromatic rings. The third kappa shape index (κ3) is 1.96. The van der Waals surface area contributed by atoms with Crippen LogP contribution in [0.25, 0.3) is 11.1 Å². The molecule has 1 aromatic heterocycles. The summed E-state index contributed by atoms with van der Waals surface area (Å²) in [6, 6.07) is 8.63. The third-order valence-corrected chi connectivity index (χ3v) is 3.53. The molecule has 0 aliphatic carbocycles. The fourth-order valence-corrected chi connectivity index (χ4v) is 2.46. The van der Waals surface area contributed by atoms with E-state index in [2.05, 4.69) is 43.5 Å². The van der Waals surface area contributed by atoms with Crippen molar-refractivity contribution in [2.75, 3.05) is 0 Å². The van der Waals surface area contributed by atoms with Gasteiger partial charge in [0.05, 0.1) is 0 Å². The molecule has 0 unspecified atom stereocenters. The molecule has 1 aromatic carbocycles. The van der Waals surface area contributed by atoms with Crippen LogP contribution in [0.3, 0.4) is 0 Å². The van der Waals surface area contributed by atoms with Gasteiger partial charge < -0.3 is 5.73 Å². The van der Waals surface area contributed by atoms with Crippen molar-refractivity contribution < 1.29 is 0 Å². The van der Waals surface area contributed by atoms with E-state index >= 15 is 0 Å². The number of rotatable bonds is 2. The number of hydrogen-bond acceptors (Lipinski definition) is 2. The van der Waals surface area contributed by atoms with Crippen LogP contribution in [-0.2, 0) is 6.54 Å². The van der Waals surface area contributed by atoms with Gasteiger partial charge in [-0.2, -0.15) is 0 Å². The average molecular weight is 217 g/mol. The van der Waals surface area contributed by atoms with Gasteiger partial charge in [0.2, 0.25) is 0 Å². The van der Waals surface area contributed by atoms with Crippen molar-refractivity contribution in [2.45, 2.75) is 20.4 Å². The first kappa shape index (κ1) is 10.4. The Kier molecular flexibility index (Phi) is 2.89. The number of aryl methyl sites for hydroxylation is 2. The van der Waals surface area contributed by atoms with Gasteiger partial charge in [0, 0.05) is 11.4 Å². The highest BCUT2D eigenvalue weighted by atomic mass is 32.1. The van der Waals surface area contributed by atoms with Gasteiger partial charge in [-0.3, -0.25) is 0 Å². The van der Waals surface area contributed by atoms with Gasteiger partial charge in [0.15, 0.2) is 0 Å². The minimum absolute atomic E-state index is 0.608. The van der Waals surface area contributed by atoms with E-state index in [1.807, 2.05) is 0 Å². The lowest BCUT2D eigenvalue weighted by Gasteiger charge is -2.07. The molecule has 0 aliphatic heterocycles. The van der Waals surface area contributed by atoms with Crippen molar-refractivity contribution >= 4 is 11.3 Å². The summed E-state index contributed by atoms with van der Waals surface area (Å²) in [7, 11) is 0. The van der Waals surface area contributed by atoms with E-state index in [0.29, 0.717) is 6.54 Å². The summed E-state index contributed by atoms with van der Waals surface area (Å²) in [6.07, 6.45) is 0. The van der Waals surface area contributed by atoms with E-state index in [1.54, 1.807) is 11.3 Å². The van der Waals surface area contributed by atoms with Gasteiger partial charge in [-0.25, -0.2) is 0 Å². The molecule has 0 radical (unpaired) electrons. The summed E-state index contributed by atoms with van der Waals surface area (Å²) in [5.41, 5.74) is 10.8. The van der Waals surface area contributed by atoms with Crippen LogP contribution in [0.5, 0.6) is 0 Å². The van der Waals surface area contributed by atoms with E-state index in [0.717, 1.165) is 0 Å². The predicted molar refractivity (Wildman–Crippen MR) is 67.1 cm³/mol. The topological polar surface area (TPSA) is 26.0 Å². The molecule has 1 heterocycles. The fraction of sp³-hybridized carbons (Fsp3) is 0.231. The van der Waals surface area contributed by atoms with Crippen molar-refractivity contribution in [2.24, 2.45) is 5.73 Å². The van der Waals surface area contributed by atoms with E-state index in [4.69, 9.17) is 5.73 Å². The summed E-state index contributed by atoms with van der Waals surface area (Å²) in [5, 5.41) is 2.14. The van der Waals surface area contributed by atoms with Crippen LogP contribution in [0.4, 0.5) is 0 Å². The van der Waals surface area contributed by atoms with Gasteiger partial charge in [-0.1, -0.05) is 12.1 Å². The lowest BCUT2D eigenvalue weighted by molar-refractivity contribution is 1.07. The first-order valence-corrected chi connectivity index (χ1v) is 5.94. The van der Waals surface area contributed by atoms with E-state index < -0.39 is 0 Å². The highest BCUT2D eigenvalue weighted by Crippen LogP contribution is 2.30. The second kappa shape index (κ2) is 4.17. The highest BCUT2D eigenvalue weighted by molar-refractivity contribution is 7.10. The first-order chi connectivity index (χ1) is 7.22. The second-order valence-electron chi connectivity index (χ2n) is 3.74. The molecule has 0 bridgehead atoms.